The number of hydrogen-bond donors (Lipinski definition) is 2. The molecule has 1 aromatic carbocycles. The molecule has 0 unspecified atom stereocenters. The van der Waals surface area contributed by atoms with Crippen molar-refractivity contribution in [2.75, 3.05) is 5.48 Å². The maximum absolute atomic E-state index is 13.1. The van der Waals surface area contributed by atoms with Gasteiger partial charge in [-0.2, -0.15) is 0 Å². The summed E-state index contributed by atoms with van der Waals surface area (Å²) in [7, 11) is 0. The van der Waals surface area contributed by atoms with Crippen LogP contribution in [0.4, 0.5) is 10.1 Å². The molecule has 0 spiro atoms. The minimum Gasteiger partial charge on any atom is -0.462 e. The van der Waals surface area contributed by atoms with Gasteiger partial charge in [-0.25, -0.2) is 4.39 Å². The van der Waals surface area contributed by atoms with Crippen LogP contribution in [-0.2, 0) is 0 Å². The van der Waals surface area contributed by atoms with Gasteiger partial charge in [-0.05, 0) is 12.1 Å². The number of halogens is 1. The Morgan fingerprint density at radius 3 is 3.00 bits per heavy atom. The Balaban J connectivity index is 2.83. The lowest BCUT2D eigenvalue weighted by atomic mass is 10.2. The lowest BCUT2D eigenvalue weighted by molar-refractivity contribution is 0.388. The lowest BCUT2D eigenvalue weighted by Crippen LogP contribution is -1.87. The maximum atomic E-state index is 13.1. The first-order valence-electron chi connectivity index (χ1n) is 3.39. The van der Waals surface area contributed by atoms with Crippen LogP contribution in [-0.4, -0.2) is 5.21 Å². The highest BCUT2D eigenvalue weighted by Crippen LogP contribution is 2.27. The summed E-state index contributed by atoms with van der Waals surface area (Å²) in [6.45, 7) is 0. The number of anilines is 1. The van der Waals surface area contributed by atoms with Crippen LogP contribution in [0.15, 0.2) is 28.9 Å². The smallest absolute Gasteiger partial charge is 0.139 e. The van der Waals surface area contributed by atoms with Crippen molar-refractivity contribution in [3.8, 4) is 0 Å². The molecular weight excluding hydrogens is 161 g/mol. The Kier molecular flexibility index (Phi) is 1.48. The Labute approximate surface area is 67.4 Å². The summed E-state index contributed by atoms with van der Waals surface area (Å²) in [4.78, 5) is 0. The Hall–Kier alpha value is -1.55. The van der Waals surface area contributed by atoms with Gasteiger partial charge >= 0.3 is 0 Å². The second kappa shape index (κ2) is 2.49. The molecule has 0 aliphatic heterocycles. The van der Waals surface area contributed by atoms with E-state index >= 15 is 0 Å². The molecule has 1 aromatic heterocycles. The summed E-state index contributed by atoms with van der Waals surface area (Å²) in [5.74, 6) is -0.419. The van der Waals surface area contributed by atoms with Crippen LogP contribution in [0.3, 0.4) is 0 Å². The molecule has 62 valence electrons. The van der Waals surface area contributed by atoms with Crippen molar-refractivity contribution >= 4 is 16.7 Å². The van der Waals surface area contributed by atoms with Gasteiger partial charge in [0.05, 0.1) is 5.39 Å². The van der Waals surface area contributed by atoms with Gasteiger partial charge < -0.3 is 4.42 Å². The molecule has 2 rings (SSSR count). The van der Waals surface area contributed by atoms with Crippen LogP contribution in [0.25, 0.3) is 11.0 Å². The van der Waals surface area contributed by atoms with Crippen molar-refractivity contribution in [3.63, 3.8) is 0 Å². The zero-order valence-corrected chi connectivity index (χ0v) is 6.04. The summed E-state index contributed by atoms with van der Waals surface area (Å²) in [5, 5.41) is 8.84. The van der Waals surface area contributed by atoms with Crippen molar-refractivity contribution in [1.29, 1.82) is 0 Å². The van der Waals surface area contributed by atoms with E-state index < -0.39 is 5.82 Å². The number of fused-ring (bicyclic) bond motifs is 1. The lowest BCUT2D eigenvalue weighted by Gasteiger charge is -1.93. The number of hydrogen-bond acceptors (Lipinski definition) is 3. The van der Waals surface area contributed by atoms with E-state index in [9.17, 15) is 4.39 Å². The molecule has 2 aromatic rings. The highest BCUT2D eigenvalue weighted by Gasteiger charge is 2.08. The first-order chi connectivity index (χ1) is 5.83. The van der Waals surface area contributed by atoms with Crippen molar-refractivity contribution in [3.05, 3.63) is 30.3 Å². The van der Waals surface area contributed by atoms with Crippen molar-refractivity contribution in [1.82, 2.24) is 0 Å². The Morgan fingerprint density at radius 2 is 2.25 bits per heavy atom. The molecule has 0 saturated carbocycles. The van der Waals surface area contributed by atoms with E-state index in [2.05, 4.69) is 0 Å². The third kappa shape index (κ3) is 0.853. The molecule has 0 aliphatic carbocycles. The molecule has 4 heteroatoms. The van der Waals surface area contributed by atoms with Crippen LogP contribution in [0.5, 0.6) is 0 Å². The quantitative estimate of drug-likeness (QED) is 0.641. The van der Waals surface area contributed by atoms with Gasteiger partial charge in [-0.1, -0.05) is 6.07 Å². The van der Waals surface area contributed by atoms with Gasteiger partial charge in [0, 0.05) is 0 Å². The van der Waals surface area contributed by atoms with E-state index in [0.29, 0.717) is 5.58 Å². The second-order valence-electron chi connectivity index (χ2n) is 2.37. The molecule has 3 nitrogen and oxygen atoms in total. The normalized spacial score (nSPS) is 10.5. The standard InChI is InChI=1S/C8H6FNO2/c9-5-2-1-3-7-8(5)6(10-11)4-12-7/h1-4,10-11H. The maximum Gasteiger partial charge on any atom is 0.139 e. The van der Waals surface area contributed by atoms with Crippen LogP contribution in [0.2, 0.25) is 0 Å². The molecule has 0 amide bonds. The van der Waals surface area contributed by atoms with Gasteiger partial charge in [0.15, 0.2) is 0 Å². The van der Waals surface area contributed by atoms with Gasteiger partial charge in [-0.15, -0.1) is 0 Å². The summed E-state index contributed by atoms with van der Waals surface area (Å²) in [5.41, 5.74) is 2.50. The first kappa shape index (κ1) is 7.12. The molecule has 0 bridgehead atoms. The number of rotatable bonds is 1. The van der Waals surface area contributed by atoms with Gasteiger partial charge in [0.1, 0.15) is 23.4 Å². The summed E-state index contributed by atoms with van der Waals surface area (Å²) in [6, 6.07) is 4.47. The Morgan fingerprint density at radius 1 is 1.42 bits per heavy atom. The topological polar surface area (TPSA) is 45.4 Å². The fourth-order valence-corrected chi connectivity index (χ4v) is 1.13. The van der Waals surface area contributed by atoms with Crippen LogP contribution < -0.4 is 5.48 Å². The molecule has 0 aliphatic rings. The number of benzene rings is 1. The van der Waals surface area contributed by atoms with Crippen molar-refractivity contribution in [2.45, 2.75) is 0 Å². The average molecular weight is 167 g/mol. The summed E-state index contributed by atoms with van der Waals surface area (Å²) in [6.07, 6.45) is 1.26. The minimum atomic E-state index is -0.419. The molecule has 2 N–H and O–H groups in total. The van der Waals surface area contributed by atoms with Crippen LogP contribution in [0, 0.1) is 5.82 Å². The summed E-state index contributed by atoms with van der Waals surface area (Å²) >= 11 is 0. The van der Waals surface area contributed by atoms with Crippen molar-refractivity contribution < 1.29 is 14.0 Å². The molecule has 0 atom stereocenters. The van der Waals surface area contributed by atoms with E-state index in [1.807, 2.05) is 5.48 Å². The predicted molar refractivity (Wildman–Crippen MR) is 41.6 cm³/mol. The third-order valence-corrected chi connectivity index (χ3v) is 1.67. The number of nitrogens with one attached hydrogen (secondary N) is 1. The van der Waals surface area contributed by atoms with E-state index in [-0.39, 0.29) is 11.1 Å². The molecule has 0 radical (unpaired) electrons. The van der Waals surface area contributed by atoms with Gasteiger partial charge in [-0.3, -0.25) is 10.7 Å². The minimum absolute atomic E-state index is 0.239. The zero-order chi connectivity index (χ0) is 8.55. The highest BCUT2D eigenvalue weighted by molar-refractivity contribution is 5.90. The van der Waals surface area contributed by atoms with E-state index in [4.69, 9.17) is 9.62 Å². The van der Waals surface area contributed by atoms with Gasteiger partial charge in [0.2, 0.25) is 0 Å². The first-order valence-corrected chi connectivity index (χ1v) is 3.39. The van der Waals surface area contributed by atoms with E-state index in [1.54, 1.807) is 12.1 Å². The van der Waals surface area contributed by atoms with Gasteiger partial charge in [0.25, 0.3) is 0 Å². The fraction of sp³-hybridized carbons (Fsp3) is 0. The molecule has 0 fully saturated rings. The monoisotopic (exact) mass is 167 g/mol. The summed E-state index contributed by atoms with van der Waals surface area (Å²) < 4.78 is 18.0. The second-order valence-corrected chi connectivity index (χ2v) is 2.37. The van der Waals surface area contributed by atoms with Crippen LogP contribution >= 0.6 is 0 Å². The van der Waals surface area contributed by atoms with E-state index in [1.165, 1.54) is 12.3 Å². The fourth-order valence-electron chi connectivity index (χ4n) is 1.13. The number of furan rings is 1. The third-order valence-electron chi connectivity index (χ3n) is 1.67. The largest absolute Gasteiger partial charge is 0.462 e. The molecular formula is C8H6FNO2. The molecule has 12 heavy (non-hydrogen) atoms. The molecule has 0 saturated heterocycles. The average Bonchev–Trinajstić information content (AvgIpc) is 2.49. The van der Waals surface area contributed by atoms with Crippen molar-refractivity contribution in [2.24, 2.45) is 0 Å². The van der Waals surface area contributed by atoms with E-state index in [0.717, 1.165) is 0 Å². The SMILES string of the molecule is ONc1coc2cccc(F)c12. The predicted octanol–water partition coefficient (Wildman–Crippen LogP) is 2.37. The van der Waals surface area contributed by atoms with Crippen LogP contribution in [0.1, 0.15) is 0 Å². The molecule has 1 heterocycles. The Bertz CT molecular complexity index is 410. The zero-order valence-electron chi connectivity index (χ0n) is 6.04. The highest BCUT2D eigenvalue weighted by atomic mass is 19.1.